The molecule has 2 heterocycles. The van der Waals surface area contributed by atoms with E-state index in [9.17, 15) is 0 Å². The van der Waals surface area contributed by atoms with Gasteiger partial charge in [0, 0.05) is 10.5 Å². The predicted octanol–water partition coefficient (Wildman–Crippen LogP) is 4.43. The van der Waals surface area contributed by atoms with Gasteiger partial charge >= 0.3 is 0 Å². The summed E-state index contributed by atoms with van der Waals surface area (Å²) in [5.41, 5.74) is 2.17. The van der Waals surface area contributed by atoms with E-state index in [2.05, 4.69) is 4.98 Å². The summed E-state index contributed by atoms with van der Waals surface area (Å²) in [4.78, 5) is 4.63. The molecular weight excluding hydrogens is 366 g/mol. The van der Waals surface area contributed by atoms with Crippen LogP contribution in [-0.2, 0) is 0 Å². The molecule has 1 aliphatic rings. The molecule has 146 valence electrons. The van der Waals surface area contributed by atoms with Crippen LogP contribution in [0.5, 0.6) is 28.9 Å². The zero-order valence-electron chi connectivity index (χ0n) is 16.3. The van der Waals surface area contributed by atoms with Crippen molar-refractivity contribution < 1.29 is 23.7 Å². The van der Waals surface area contributed by atoms with Gasteiger partial charge in [0.05, 0.1) is 41.2 Å². The number of nitrogens with zero attached hydrogens (tertiary/aromatic N) is 1. The average molecular weight is 391 g/mol. The van der Waals surface area contributed by atoms with Crippen LogP contribution < -0.4 is 23.7 Å². The van der Waals surface area contributed by atoms with E-state index in [0.717, 1.165) is 24.1 Å². The third kappa shape index (κ3) is 3.88. The smallest absolute Gasteiger partial charge is 0.256 e. The second-order valence-corrected chi connectivity index (χ2v) is 7.51. The molecule has 1 fully saturated rings. The molecule has 1 aliphatic heterocycles. The molecular formula is C20H25NO5S. The summed E-state index contributed by atoms with van der Waals surface area (Å²) in [5.74, 6) is 3.14. The highest BCUT2D eigenvalue weighted by atomic mass is 32.2. The highest BCUT2D eigenvalue weighted by Crippen LogP contribution is 2.54. The molecule has 0 bridgehead atoms. The van der Waals surface area contributed by atoms with Crippen molar-refractivity contribution in [3.05, 3.63) is 35.5 Å². The minimum absolute atomic E-state index is 0.300. The first kappa shape index (κ1) is 19.5. The summed E-state index contributed by atoms with van der Waals surface area (Å²) in [7, 11) is 8.11. The number of ether oxygens (including phenoxy) is 5. The van der Waals surface area contributed by atoms with Gasteiger partial charge in [-0.05, 0) is 42.7 Å². The largest absolute Gasteiger partial charge is 0.493 e. The number of hydrogen-bond donors (Lipinski definition) is 0. The lowest BCUT2D eigenvalue weighted by atomic mass is 10.0. The van der Waals surface area contributed by atoms with Crippen LogP contribution >= 0.6 is 11.8 Å². The van der Waals surface area contributed by atoms with E-state index in [1.165, 1.54) is 0 Å². The summed E-state index contributed by atoms with van der Waals surface area (Å²) in [6, 6.07) is 7.98. The Balaban J connectivity index is 1.84. The highest BCUT2D eigenvalue weighted by molar-refractivity contribution is 8.00. The van der Waals surface area contributed by atoms with Gasteiger partial charge in [-0.25, -0.2) is 4.98 Å². The first-order chi connectivity index (χ1) is 13.1. The maximum absolute atomic E-state index is 5.49. The highest BCUT2D eigenvalue weighted by Gasteiger charge is 2.30. The number of thioether (sulfide) groups is 1. The lowest BCUT2D eigenvalue weighted by Crippen LogP contribution is -1.99. The Bertz CT molecular complexity index is 773. The van der Waals surface area contributed by atoms with Crippen molar-refractivity contribution in [3.63, 3.8) is 0 Å². The minimum Gasteiger partial charge on any atom is -0.493 e. The number of benzene rings is 1. The fraction of sp³-hybridized carbons (Fsp3) is 0.450. The van der Waals surface area contributed by atoms with Gasteiger partial charge in [0.2, 0.25) is 5.75 Å². The Morgan fingerprint density at radius 2 is 1.41 bits per heavy atom. The molecule has 3 rings (SSSR count). The molecule has 0 radical (unpaired) electrons. The van der Waals surface area contributed by atoms with E-state index in [1.54, 1.807) is 35.5 Å². The number of pyridine rings is 1. The van der Waals surface area contributed by atoms with Crippen molar-refractivity contribution in [1.82, 2.24) is 4.98 Å². The van der Waals surface area contributed by atoms with Crippen molar-refractivity contribution in [1.29, 1.82) is 0 Å². The Labute approximate surface area is 164 Å². The van der Waals surface area contributed by atoms with E-state index < -0.39 is 0 Å². The molecule has 2 unspecified atom stereocenters. The van der Waals surface area contributed by atoms with Crippen LogP contribution in [-0.4, -0.2) is 40.5 Å². The predicted molar refractivity (Wildman–Crippen MR) is 106 cm³/mol. The lowest BCUT2D eigenvalue weighted by Gasteiger charge is -2.17. The molecule has 7 heteroatoms. The first-order valence-corrected chi connectivity index (χ1v) is 9.63. The number of methoxy groups -OCH3 is 5. The standard InChI is InChI=1S/C20H25NO5S/c1-22-14-7-6-13(21-20(14)26-5)18-9-8-17(27-18)12-10-15(23-2)19(25-4)16(11-12)24-3/h6-7,10-11,17-18H,8-9H2,1-5H3. The number of aromatic nitrogens is 1. The van der Waals surface area contributed by atoms with Crippen LogP contribution in [0.1, 0.15) is 34.6 Å². The zero-order chi connectivity index (χ0) is 19.4. The molecule has 27 heavy (non-hydrogen) atoms. The molecule has 1 saturated heterocycles. The van der Waals surface area contributed by atoms with Gasteiger partial charge in [-0.3, -0.25) is 0 Å². The van der Waals surface area contributed by atoms with Crippen molar-refractivity contribution in [2.45, 2.75) is 23.3 Å². The molecule has 0 N–H and O–H groups in total. The van der Waals surface area contributed by atoms with Crippen LogP contribution in [0.4, 0.5) is 0 Å². The summed E-state index contributed by atoms with van der Waals surface area (Å²) < 4.78 is 27.0. The van der Waals surface area contributed by atoms with Gasteiger partial charge in [0.15, 0.2) is 17.2 Å². The molecule has 2 atom stereocenters. The third-order valence-corrected chi connectivity index (χ3v) is 6.31. The third-order valence-electron chi connectivity index (χ3n) is 4.67. The van der Waals surface area contributed by atoms with Crippen LogP contribution in [0.25, 0.3) is 0 Å². The topological polar surface area (TPSA) is 59.0 Å². The fourth-order valence-electron chi connectivity index (χ4n) is 3.31. The quantitative estimate of drug-likeness (QED) is 0.692. The summed E-state index contributed by atoms with van der Waals surface area (Å²) in [6.45, 7) is 0. The van der Waals surface area contributed by atoms with E-state index in [1.807, 2.05) is 36.0 Å². The second kappa shape index (κ2) is 8.61. The molecule has 0 spiro atoms. The van der Waals surface area contributed by atoms with Crippen LogP contribution in [0.15, 0.2) is 24.3 Å². The van der Waals surface area contributed by atoms with Gasteiger partial charge in [-0.2, -0.15) is 0 Å². The zero-order valence-corrected chi connectivity index (χ0v) is 17.1. The summed E-state index contributed by atoms with van der Waals surface area (Å²) >= 11 is 1.89. The lowest BCUT2D eigenvalue weighted by molar-refractivity contribution is 0.323. The average Bonchev–Trinajstić information content (AvgIpc) is 3.22. The molecule has 2 aromatic rings. The van der Waals surface area contributed by atoms with Gasteiger partial charge in [-0.15, -0.1) is 11.8 Å². The summed E-state index contributed by atoms with van der Waals surface area (Å²) in [5, 5.41) is 0.632. The number of hydrogen-bond acceptors (Lipinski definition) is 7. The Hall–Kier alpha value is -2.28. The maximum atomic E-state index is 5.49. The van der Waals surface area contributed by atoms with Crippen molar-refractivity contribution in [3.8, 4) is 28.9 Å². The SMILES string of the molecule is COc1ccc(C2CCC(c3cc(OC)c(OC)c(OC)c3)S2)nc1OC. The molecule has 1 aromatic heterocycles. The van der Waals surface area contributed by atoms with Gasteiger partial charge in [0.1, 0.15) is 0 Å². The molecule has 1 aromatic carbocycles. The van der Waals surface area contributed by atoms with Gasteiger partial charge in [-0.1, -0.05) is 0 Å². The first-order valence-electron chi connectivity index (χ1n) is 8.69. The van der Waals surface area contributed by atoms with E-state index >= 15 is 0 Å². The monoisotopic (exact) mass is 391 g/mol. The Kier molecular flexibility index (Phi) is 6.21. The summed E-state index contributed by atoms with van der Waals surface area (Å²) in [6.07, 6.45) is 2.08. The van der Waals surface area contributed by atoms with Crippen molar-refractivity contribution in [2.24, 2.45) is 0 Å². The van der Waals surface area contributed by atoms with Gasteiger partial charge < -0.3 is 23.7 Å². The Morgan fingerprint density at radius 3 is 1.96 bits per heavy atom. The molecule has 6 nitrogen and oxygen atoms in total. The van der Waals surface area contributed by atoms with E-state index in [4.69, 9.17) is 23.7 Å². The molecule has 0 saturated carbocycles. The second-order valence-electron chi connectivity index (χ2n) is 6.10. The number of rotatable bonds is 7. The molecule has 0 amide bonds. The van der Waals surface area contributed by atoms with Crippen LogP contribution in [0.2, 0.25) is 0 Å². The Morgan fingerprint density at radius 1 is 0.778 bits per heavy atom. The van der Waals surface area contributed by atoms with E-state index in [0.29, 0.717) is 39.4 Å². The van der Waals surface area contributed by atoms with E-state index in [-0.39, 0.29) is 0 Å². The van der Waals surface area contributed by atoms with Crippen LogP contribution in [0.3, 0.4) is 0 Å². The van der Waals surface area contributed by atoms with Crippen molar-refractivity contribution >= 4 is 11.8 Å². The normalized spacial score (nSPS) is 18.9. The molecule has 0 aliphatic carbocycles. The van der Waals surface area contributed by atoms with Gasteiger partial charge in [0.25, 0.3) is 5.88 Å². The minimum atomic E-state index is 0.300. The maximum Gasteiger partial charge on any atom is 0.256 e. The van der Waals surface area contributed by atoms with Crippen molar-refractivity contribution in [2.75, 3.05) is 35.5 Å². The van der Waals surface area contributed by atoms with Crippen LogP contribution in [0, 0.1) is 0 Å². The fourth-order valence-corrected chi connectivity index (χ4v) is 4.81.